The van der Waals surface area contributed by atoms with Crippen LogP contribution in [0.2, 0.25) is 0 Å². The predicted octanol–water partition coefficient (Wildman–Crippen LogP) is 4.31. The van der Waals surface area contributed by atoms with Crippen molar-refractivity contribution in [2.24, 2.45) is 17.8 Å². The van der Waals surface area contributed by atoms with Crippen LogP contribution in [0.5, 0.6) is 0 Å². The van der Waals surface area contributed by atoms with Crippen molar-refractivity contribution in [1.82, 2.24) is 5.32 Å². The highest BCUT2D eigenvalue weighted by Crippen LogP contribution is 2.46. The fourth-order valence-electron chi connectivity index (χ4n) is 3.97. The minimum atomic E-state index is 0.260. The lowest BCUT2D eigenvalue weighted by Crippen LogP contribution is -2.55. The maximum absolute atomic E-state index is 3.71. The van der Waals surface area contributed by atoms with Crippen molar-refractivity contribution in [2.75, 3.05) is 7.05 Å². The highest BCUT2D eigenvalue weighted by Gasteiger charge is 2.45. The summed E-state index contributed by atoms with van der Waals surface area (Å²) in [5.41, 5.74) is 1.82. The van der Waals surface area contributed by atoms with Gasteiger partial charge in [-0.3, -0.25) is 0 Å². The maximum atomic E-state index is 3.71. The summed E-state index contributed by atoms with van der Waals surface area (Å²) in [7, 11) is 2.16. The standard InChI is InChI=1S/C17H29N/c1-5-6-7-16-14(3)8-9-15-12-13(2)10-11-17(15,16)18-4/h8-9,12-14,16,18H,5-7,10-11H2,1-4H3/t13-,14+,16+,17-/m1/s1. The average Bonchev–Trinajstić information content (AvgIpc) is 2.38. The summed E-state index contributed by atoms with van der Waals surface area (Å²) in [4.78, 5) is 0. The Balaban J connectivity index is 2.33. The molecule has 0 aliphatic heterocycles. The van der Waals surface area contributed by atoms with Crippen LogP contribution in [-0.4, -0.2) is 12.6 Å². The van der Waals surface area contributed by atoms with Gasteiger partial charge in [0.25, 0.3) is 0 Å². The lowest BCUT2D eigenvalue weighted by molar-refractivity contribution is 0.169. The van der Waals surface area contributed by atoms with Crippen LogP contribution in [0.15, 0.2) is 23.8 Å². The summed E-state index contributed by atoms with van der Waals surface area (Å²) >= 11 is 0. The number of hydrogen-bond acceptors (Lipinski definition) is 1. The summed E-state index contributed by atoms with van der Waals surface area (Å²) in [5.74, 6) is 2.21. The summed E-state index contributed by atoms with van der Waals surface area (Å²) in [6.45, 7) is 7.04. The molecule has 0 aromatic rings. The Morgan fingerprint density at radius 3 is 2.83 bits per heavy atom. The van der Waals surface area contributed by atoms with Crippen LogP contribution in [-0.2, 0) is 0 Å². The van der Waals surface area contributed by atoms with E-state index in [4.69, 9.17) is 0 Å². The van der Waals surface area contributed by atoms with Gasteiger partial charge < -0.3 is 5.32 Å². The Labute approximate surface area is 113 Å². The van der Waals surface area contributed by atoms with E-state index in [2.05, 4.69) is 51.4 Å². The van der Waals surface area contributed by atoms with Crippen molar-refractivity contribution in [3.63, 3.8) is 0 Å². The van der Waals surface area contributed by atoms with Crippen LogP contribution in [0, 0.1) is 17.8 Å². The van der Waals surface area contributed by atoms with Crippen LogP contribution in [0.1, 0.15) is 52.9 Å². The molecule has 0 heterocycles. The molecule has 0 fully saturated rings. The van der Waals surface area contributed by atoms with Gasteiger partial charge in [-0.25, -0.2) is 0 Å². The zero-order valence-electron chi connectivity index (χ0n) is 12.5. The van der Waals surface area contributed by atoms with Crippen molar-refractivity contribution >= 4 is 0 Å². The molecular weight excluding hydrogens is 218 g/mol. The van der Waals surface area contributed by atoms with Gasteiger partial charge in [-0.2, -0.15) is 0 Å². The molecule has 2 aliphatic rings. The molecule has 2 aliphatic carbocycles. The molecular formula is C17H29N. The number of unbranched alkanes of at least 4 members (excludes halogenated alkanes) is 1. The molecule has 0 unspecified atom stereocenters. The Kier molecular flexibility index (Phi) is 4.32. The van der Waals surface area contributed by atoms with Gasteiger partial charge in [-0.15, -0.1) is 0 Å². The molecule has 1 N–H and O–H groups in total. The molecule has 1 heteroatoms. The predicted molar refractivity (Wildman–Crippen MR) is 79.6 cm³/mol. The molecule has 0 bridgehead atoms. The van der Waals surface area contributed by atoms with E-state index in [1.807, 2.05) is 0 Å². The van der Waals surface area contributed by atoms with Crippen LogP contribution in [0.25, 0.3) is 0 Å². The Hall–Kier alpha value is -0.560. The van der Waals surface area contributed by atoms with E-state index in [1.165, 1.54) is 32.1 Å². The number of hydrogen-bond donors (Lipinski definition) is 1. The second-order valence-corrected chi connectivity index (χ2v) is 6.33. The first-order valence-electron chi connectivity index (χ1n) is 7.73. The van der Waals surface area contributed by atoms with Crippen molar-refractivity contribution in [3.05, 3.63) is 23.8 Å². The molecule has 2 rings (SSSR count). The van der Waals surface area contributed by atoms with Gasteiger partial charge in [-0.05, 0) is 49.6 Å². The van der Waals surface area contributed by atoms with E-state index < -0.39 is 0 Å². The van der Waals surface area contributed by atoms with Gasteiger partial charge >= 0.3 is 0 Å². The third-order valence-electron chi connectivity index (χ3n) is 5.14. The summed E-state index contributed by atoms with van der Waals surface area (Å²) in [5, 5.41) is 3.71. The molecule has 0 saturated heterocycles. The third kappa shape index (κ3) is 2.30. The Bertz CT molecular complexity index is 342. The number of rotatable bonds is 4. The summed E-state index contributed by atoms with van der Waals surface area (Å²) < 4.78 is 0. The number of allylic oxidation sites excluding steroid dienone is 2. The smallest absolute Gasteiger partial charge is 0.0463 e. The molecule has 0 spiro atoms. The van der Waals surface area contributed by atoms with Gasteiger partial charge in [0.2, 0.25) is 0 Å². The quantitative estimate of drug-likeness (QED) is 0.780. The molecule has 0 aromatic carbocycles. The fraction of sp³-hybridized carbons (Fsp3) is 0.765. The second kappa shape index (κ2) is 5.61. The molecule has 0 saturated carbocycles. The molecule has 0 aromatic heterocycles. The minimum absolute atomic E-state index is 0.260. The van der Waals surface area contributed by atoms with E-state index in [0.717, 1.165) is 11.8 Å². The number of fused-ring (bicyclic) bond motifs is 1. The van der Waals surface area contributed by atoms with Gasteiger partial charge in [0.05, 0.1) is 0 Å². The molecule has 0 amide bonds. The first-order valence-corrected chi connectivity index (χ1v) is 7.73. The van der Waals surface area contributed by atoms with Gasteiger partial charge in [0.15, 0.2) is 0 Å². The zero-order chi connectivity index (χ0) is 13.2. The second-order valence-electron chi connectivity index (χ2n) is 6.33. The molecule has 102 valence electrons. The Morgan fingerprint density at radius 2 is 2.17 bits per heavy atom. The maximum Gasteiger partial charge on any atom is 0.0463 e. The SMILES string of the molecule is CCCC[C@H]1[C@@H](C)C=CC2=C[C@H](C)CC[C@@]21NC. The van der Waals surface area contributed by atoms with Crippen LogP contribution < -0.4 is 5.32 Å². The van der Waals surface area contributed by atoms with Crippen molar-refractivity contribution < 1.29 is 0 Å². The number of likely N-dealkylation sites (N-methyl/N-ethyl adjacent to an activating group) is 1. The van der Waals surface area contributed by atoms with Crippen LogP contribution >= 0.6 is 0 Å². The van der Waals surface area contributed by atoms with Crippen LogP contribution in [0.3, 0.4) is 0 Å². The largest absolute Gasteiger partial charge is 0.310 e. The first kappa shape index (κ1) is 13.9. The number of nitrogens with one attached hydrogen (secondary N) is 1. The van der Waals surface area contributed by atoms with Crippen LogP contribution in [0.4, 0.5) is 0 Å². The first-order chi connectivity index (χ1) is 8.64. The van der Waals surface area contributed by atoms with Gasteiger partial charge in [-0.1, -0.05) is 51.8 Å². The van der Waals surface area contributed by atoms with Gasteiger partial charge in [0.1, 0.15) is 0 Å². The van der Waals surface area contributed by atoms with E-state index in [0.29, 0.717) is 5.92 Å². The van der Waals surface area contributed by atoms with E-state index in [1.54, 1.807) is 5.57 Å². The van der Waals surface area contributed by atoms with Crippen molar-refractivity contribution in [2.45, 2.75) is 58.4 Å². The highest BCUT2D eigenvalue weighted by molar-refractivity contribution is 5.39. The lowest BCUT2D eigenvalue weighted by atomic mass is 9.61. The van der Waals surface area contributed by atoms with Crippen molar-refractivity contribution in [3.8, 4) is 0 Å². The molecule has 1 nitrogen and oxygen atoms in total. The third-order valence-corrected chi connectivity index (χ3v) is 5.14. The normalized spacial score (nSPS) is 39.3. The molecule has 0 radical (unpaired) electrons. The van der Waals surface area contributed by atoms with E-state index >= 15 is 0 Å². The fourth-order valence-corrected chi connectivity index (χ4v) is 3.97. The van der Waals surface area contributed by atoms with Gasteiger partial charge in [0, 0.05) is 5.54 Å². The zero-order valence-corrected chi connectivity index (χ0v) is 12.5. The average molecular weight is 247 g/mol. The highest BCUT2D eigenvalue weighted by atomic mass is 15.0. The van der Waals surface area contributed by atoms with Crippen molar-refractivity contribution in [1.29, 1.82) is 0 Å². The molecule has 4 atom stereocenters. The van der Waals surface area contributed by atoms with E-state index in [9.17, 15) is 0 Å². The lowest BCUT2D eigenvalue weighted by Gasteiger charge is -2.49. The Morgan fingerprint density at radius 1 is 1.39 bits per heavy atom. The molecule has 18 heavy (non-hydrogen) atoms. The monoisotopic (exact) mass is 247 g/mol. The topological polar surface area (TPSA) is 12.0 Å². The minimum Gasteiger partial charge on any atom is -0.310 e. The van der Waals surface area contributed by atoms with E-state index in [-0.39, 0.29) is 5.54 Å². The summed E-state index contributed by atoms with van der Waals surface area (Å²) in [6, 6.07) is 0. The summed E-state index contributed by atoms with van der Waals surface area (Å²) in [6.07, 6.45) is 14.0.